The van der Waals surface area contributed by atoms with Gasteiger partial charge in [-0.1, -0.05) is 13.8 Å². The summed E-state index contributed by atoms with van der Waals surface area (Å²) in [4.78, 5) is 2.33. The predicted octanol–water partition coefficient (Wildman–Crippen LogP) is 1.79. The molecule has 2 N–H and O–H groups in total. The van der Waals surface area contributed by atoms with Gasteiger partial charge in [0.15, 0.2) is 0 Å². The maximum Gasteiger partial charge on any atom is 0.0537 e. The molecular formula is C13H26N4. The first-order valence-electron chi connectivity index (χ1n) is 6.34. The molecular weight excluding hydrogens is 212 g/mol. The molecule has 2 unspecified atom stereocenters. The lowest BCUT2D eigenvalue weighted by Gasteiger charge is -2.28. The van der Waals surface area contributed by atoms with Gasteiger partial charge >= 0.3 is 0 Å². The van der Waals surface area contributed by atoms with E-state index < -0.39 is 0 Å². The highest BCUT2D eigenvalue weighted by Crippen LogP contribution is 2.14. The predicted molar refractivity (Wildman–Crippen MR) is 71.7 cm³/mol. The molecule has 0 aromatic carbocycles. The number of rotatable bonds is 6. The smallest absolute Gasteiger partial charge is 0.0537 e. The third-order valence-corrected chi connectivity index (χ3v) is 3.20. The number of hydrogen-bond donors (Lipinski definition) is 1. The van der Waals surface area contributed by atoms with Crippen molar-refractivity contribution in [3.8, 4) is 0 Å². The standard InChI is InChI=1S/C13H26N4/c1-10(2)6-11(3)16(4)9-13(14)12-7-15-17(5)8-12/h7-8,10-11,13H,6,9,14H2,1-5H3. The summed E-state index contributed by atoms with van der Waals surface area (Å²) < 4.78 is 1.80. The first-order valence-corrected chi connectivity index (χ1v) is 6.34. The van der Waals surface area contributed by atoms with Gasteiger partial charge in [0.1, 0.15) is 0 Å². The third kappa shape index (κ3) is 4.48. The average molecular weight is 238 g/mol. The maximum atomic E-state index is 6.18. The van der Waals surface area contributed by atoms with E-state index in [9.17, 15) is 0 Å². The Balaban J connectivity index is 2.47. The zero-order chi connectivity index (χ0) is 13.0. The van der Waals surface area contributed by atoms with Crippen LogP contribution in [0.1, 0.15) is 38.8 Å². The second-order valence-corrected chi connectivity index (χ2v) is 5.47. The van der Waals surface area contributed by atoms with Crippen LogP contribution < -0.4 is 5.73 Å². The van der Waals surface area contributed by atoms with Crippen LogP contribution in [-0.2, 0) is 7.05 Å². The average Bonchev–Trinajstić information content (AvgIpc) is 2.63. The van der Waals surface area contributed by atoms with E-state index in [2.05, 4.69) is 37.8 Å². The molecule has 98 valence electrons. The van der Waals surface area contributed by atoms with Crippen LogP contribution >= 0.6 is 0 Å². The molecule has 1 aromatic heterocycles. The lowest BCUT2D eigenvalue weighted by Crippen LogP contribution is -2.36. The van der Waals surface area contributed by atoms with Gasteiger partial charge in [0.05, 0.1) is 6.20 Å². The Morgan fingerprint density at radius 1 is 1.41 bits per heavy atom. The highest BCUT2D eigenvalue weighted by molar-refractivity contribution is 5.09. The van der Waals surface area contributed by atoms with Gasteiger partial charge in [-0.2, -0.15) is 5.10 Å². The number of nitrogens with zero attached hydrogens (tertiary/aromatic N) is 3. The van der Waals surface area contributed by atoms with Gasteiger partial charge in [-0.15, -0.1) is 0 Å². The molecule has 0 radical (unpaired) electrons. The van der Waals surface area contributed by atoms with Crippen LogP contribution in [0.25, 0.3) is 0 Å². The van der Waals surface area contributed by atoms with Gasteiger partial charge < -0.3 is 10.6 Å². The molecule has 0 saturated heterocycles. The van der Waals surface area contributed by atoms with Crippen LogP contribution in [0.15, 0.2) is 12.4 Å². The number of aryl methyl sites for hydroxylation is 1. The monoisotopic (exact) mass is 238 g/mol. The maximum absolute atomic E-state index is 6.18. The van der Waals surface area contributed by atoms with Gasteiger partial charge in [0.25, 0.3) is 0 Å². The Bertz CT molecular complexity index is 332. The van der Waals surface area contributed by atoms with E-state index in [1.807, 2.05) is 19.4 Å². The van der Waals surface area contributed by atoms with Crippen molar-refractivity contribution in [1.82, 2.24) is 14.7 Å². The van der Waals surface area contributed by atoms with Crippen LogP contribution in [0, 0.1) is 5.92 Å². The van der Waals surface area contributed by atoms with Crippen molar-refractivity contribution in [2.24, 2.45) is 18.7 Å². The topological polar surface area (TPSA) is 47.1 Å². The third-order valence-electron chi connectivity index (χ3n) is 3.20. The van der Waals surface area contributed by atoms with Gasteiger partial charge in [0, 0.05) is 37.4 Å². The molecule has 17 heavy (non-hydrogen) atoms. The Kier molecular flexibility index (Phi) is 5.15. The second-order valence-electron chi connectivity index (χ2n) is 5.47. The summed E-state index contributed by atoms with van der Waals surface area (Å²) in [6.45, 7) is 7.65. The molecule has 4 heteroatoms. The van der Waals surface area contributed by atoms with E-state index in [1.165, 1.54) is 6.42 Å². The molecule has 4 nitrogen and oxygen atoms in total. The van der Waals surface area contributed by atoms with Crippen LogP contribution in [-0.4, -0.2) is 34.3 Å². The van der Waals surface area contributed by atoms with Crippen LogP contribution in [0.2, 0.25) is 0 Å². The molecule has 1 heterocycles. The molecule has 0 fully saturated rings. The van der Waals surface area contributed by atoms with Crippen LogP contribution in [0.3, 0.4) is 0 Å². The van der Waals surface area contributed by atoms with Crippen molar-refractivity contribution in [3.05, 3.63) is 18.0 Å². The van der Waals surface area contributed by atoms with Crippen molar-refractivity contribution in [2.75, 3.05) is 13.6 Å². The Hall–Kier alpha value is -0.870. The minimum atomic E-state index is 0.0447. The van der Waals surface area contributed by atoms with E-state index >= 15 is 0 Å². The van der Waals surface area contributed by atoms with E-state index in [0.29, 0.717) is 6.04 Å². The minimum Gasteiger partial charge on any atom is -0.323 e. The molecule has 0 aliphatic carbocycles. The molecule has 0 spiro atoms. The van der Waals surface area contributed by atoms with E-state index in [1.54, 1.807) is 4.68 Å². The second kappa shape index (κ2) is 6.17. The molecule has 1 aromatic rings. The van der Waals surface area contributed by atoms with E-state index in [-0.39, 0.29) is 6.04 Å². The van der Waals surface area contributed by atoms with E-state index in [0.717, 1.165) is 18.0 Å². The SMILES string of the molecule is CC(C)CC(C)N(C)CC(N)c1cnn(C)c1. The van der Waals surface area contributed by atoms with Crippen LogP contribution in [0.4, 0.5) is 0 Å². The van der Waals surface area contributed by atoms with Crippen molar-refractivity contribution < 1.29 is 0 Å². The van der Waals surface area contributed by atoms with Gasteiger partial charge in [-0.05, 0) is 26.3 Å². The number of likely N-dealkylation sites (N-methyl/N-ethyl adjacent to an activating group) is 1. The normalized spacial score (nSPS) is 15.5. The fraction of sp³-hybridized carbons (Fsp3) is 0.769. The molecule has 0 saturated carbocycles. The number of nitrogens with two attached hydrogens (primary N) is 1. The fourth-order valence-electron chi connectivity index (χ4n) is 2.09. The first-order chi connectivity index (χ1) is 7.90. The summed E-state index contributed by atoms with van der Waals surface area (Å²) in [6, 6.07) is 0.612. The zero-order valence-electron chi connectivity index (χ0n) is 11.7. The van der Waals surface area contributed by atoms with Gasteiger partial charge in [-0.25, -0.2) is 0 Å². The summed E-state index contributed by atoms with van der Waals surface area (Å²) in [5.41, 5.74) is 7.29. The Morgan fingerprint density at radius 2 is 2.06 bits per heavy atom. The van der Waals surface area contributed by atoms with Crippen LogP contribution in [0.5, 0.6) is 0 Å². The Labute approximate surface area is 105 Å². The molecule has 0 bridgehead atoms. The van der Waals surface area contributed by atoms with Gasteiger partial charge in [0.2, 0.25) is 0 Å². The summed E-state index contributed by atoms with van der Waals surface area (Å²) in [5, 5.41) is 4.16. The minimum absolute atomic E-state index is 0.0447. The summed E-state index contributed by atoms with van der Waals surface area (Å²) >= 11 is 0. The van der Waals surface area contributed by atoms with Crippen molar-refractivity contribution in [1.29, 1.82) is 0 Å². The van der Waals surface area contributed by atoms with Crippen molar-refractivity contribution >= 4 is 0 Å². The highest BCUT2D eigenvalue weighted by atomic mass is 15.2. The summed E-state index contributed by atoms with van der Waals surface area (Å²) in [6.07, 6.45) is 5.05. The number of aromatic nitrogens is 2. The summed E-state index contributed by atoms with van der Waals surface area (Å²) in [5.74, 6) is 0.724. The van der Waals surface area contributed by atoms with Crippen molar-refractivity contribution in [2.45, 2.75) is 39.3 Å². The first kappa shape index (κ1) is 14.2. The lowest BCUT2D eigenvalue weighted by atomic mass is 10.0. The highest BCUT2D eigenvalue weighted by Gasteiger charge is 2.16. The Morgan fingerprint density at radius 3 is 2.53 bits per heavy atom. The van der Waals surface area contributed by atoms with Crippen molar-refractivity contribution in [3.63, 3.8) is 0 Å². The molecule has 0 aliphatic rings. The lowest BCUT2D eigenvalue weighted by molar-refractivity contribution is 0.216. The van der Waals surface area contributed by atoms with E-state index in [4.69, 9.17) is 5.73 Å². The fourth-order valence-corrected chi connectivity index (χ4v) is 2.09. The molecule has 0 aliphatic heterocycles. The molecule has 2 atom stereocenters. The summed E-state index contributed by atoms with van der Waals surface area (Å²) in [7, 11) is 4.06. The number of hydrogen-bond acceptors (Lipinski definition) is 3. The molecule has 1 rings (SSSR count). The quantitative estimate of drug-likeness (QED) is 0.822. The largest absolute Gasteiger partial charge is 0.323 e. The zero-order valence-corrected chi connectivity index (χ0v) is 11.7. The van der Waals surface area contributed by atoms with Gasteiger partial charge in [-0.3, -0.25) is 4.68 Å². The molecule has 0 amide bonds.